The lowest BCUT2D eigenvalue weighted by Crippen LogP contribution is -2.40. The van der Waals surface area contributed by atoms with Gasteiger partial charge in [-0.1, -0.05) is 29.3 Å². The number of thiocarbonyl (C=S) groups is 1. The zero-order valence-electron chi connectivity index (χ0n) is 14.7. The number of hydrogen-bond acceptors (Lipinski definition) is 4. The number of nitrogens with one attached hydrogen (secondary N) is 2. The summed E-state index contributed by atoms with van der Waals surface area (Å²) in [5.41, 5.74) is 1.37. The maximum absolute atomic E-state index is 12.6. The Morgan fingerprint density at radius 1 is 1.07 bits per heavy atom. The van der Waals surface area contributed by atoms with Crippen molar-refractivity contribution in [3.8, 4) is 0 Å². The second kappa shape index (κ2) is 9.34. The number of nitrogens with zero attached hydrogens (tertiary/aromatic N) is 1. The van der Waals surface area contributed by atoms with E-state index in [4.69, 9.17) is 40.2 Å². The Bertz CT molecular complexity index is 917. The molecule has 2 N–H and O–H groups in total. The average Bonchev–Trinajstić information content (AvgIpc) is 2.68. The van der Waals surface area contributed by atoms with Crippen LogP contribution in [0, 0.1) is 0 Å². The van der Waals surface area contributed by atoms with E-state index in [1.807, 2.05) is 0 Å². The maximum Gasteiger partial charge on any atom is 0.258 e. The molecule has 6 nitrogen and oxygen atoms in total. The summed E-state index contributed by atoms with van der Waals surface area (Å²) in [5, 5.41) is 6.22. The van der Waals surface area contributed by atoms with E-state index in [-0.39, 0.29) is 21.6 Å². The van der Waals surface area contributed by atoms with Crippen LogP contribution in [0.25, 0.3) is 0 Å². The molecule has 2 amide bonds. The highest BCUT2D eigenvalue weighted by Gasteiger charge is 2.19. The van der Waals surface area contributed by atoms with Gasteiger partial charge in [-0.05, 0) is 48.6 Å². The summed E-state index contributed by atoms with van der Waals surface area (Å²) in [6.45, 7) is 2.19. The third-order valence-corrected chi connectivity index (χ3v) is 4.82. The molecule has 0 bridgehead atoms. The van der Waals surface area contributed by atoms with E-state index in [1.165, 1.54) is 12.1 Å². The van der Waals surface area contributed by atoms with Gasteiger partial charge in [-0.2, -0.15) is 0 Å². The number of anilines is 1. The van der Waals surface area contributed by atoms with Crippen LogP contribution >= 0.6 is 35.4 Å². The molecule has 0 aliphatic carbocycles. The van der Waals surface area contributed by atoms with Crippen LogP contribution < -0.4 is 10.6 Å². The van der Waals surface area contributed by atoms with Gasteiger partial charge in [0.25, 0.3) is 11.8 Å². The summed E-state index contributed by atoms with van der Waals surface area (Å²) in [4.78, 5) is 26.6. The Labute approximate surface area is 177 Å². The first-order chi connectivity index (χ1) is 13.4. The zero-order chi connectivity index (χ0) is 20.1. The fourth-order valence-electron chi connectivity index (χ4n) is 2.69. The molecule has 0 aromatic heterocycles. The smallest absolute Gasteiger partial charge is 0.258 e. The molecular weight excluding hydrogens is 421 g/mol. The predicted octanol–water partition coefficient (Wildman–Crippen LogP) is 3.59. The van der Waals surface area contributed by atoms with Crippen molar-refractivity contribution in [1.82, 2.24) is 10.2 Å². The zero-order valence-corrected chi connectivity index (χ0v) is 17.0. The van der Waals surface area contributed by atoms with Crippen molar-refractivity contribution in [3.05, 3.63) is 63.6 Å². The van der Waals surface area contributed by atoms with Crippen LogP contribution in [0.2, 0.25) is 10.0 Å². The van der Waals surface area contributed by atoms with E-state index >= 15 is 0 Å². The highest BCUT2D eigenvalue weighted by molar-refractivity contribution is 7.80. The number of amides is 2. The van der Waals surface area contributed by atoms with E-state index in [0.717, 1.165) is 0 Å². The largest absolute Gasteiger partial charge is 0.378 e. The van der Waals surface area contributed by atoms with Crippen LogP contribution in [-0.2, 0) is 4.74 Å². The van der Waals surface area contributed by atoms with Crippen LogP contribution in [0.1, 0.15) is 20.7 Å². The van der Waals surface area contributed by atoms with Gasteiger partial charge in [0, 0.05) is 29.4 Å². The molecule has 28 heavy (non-hydrogen) atoms. The quantitative estimate of drug-likeness (QED) is 0.717. The topological polar surface area (TPSA) is 70.7 Å². The van der Waals surface area contributed by atoms with Gasteiger partial charge in [0.15, 0.2) is 5.11 Å². The number of halogens is 2. The van der Waals surface area contributed by atoms with Gasteiger partial charge in [0.05, 0.1) is 23.8 Å². The number of rotatable bonds is 3. The minimum Gasteiger partial charge on any atom is -0.378 e. The lowest BCUT2D eigenvalue weighted by Gasteiger charge is -2.27. The molecule has 1 fully saturated rings. The molecule has 1 aliphatic heterocycles. The first kappa shape index (κ1) is 20.5. The van der Waals surface area contributed by atoms with Crippen LogP contribution in [0.4, 0.5) is 5.69 Å². The minimum atomic E-state index is -0.459. The SMILES string of the molecule is O=C(NC(=S)Nc1cccc(C(=O)N2CCOCC2)c1)c1ccc(Cl)cc1Cl. The van der Waals surface area contributed by atoms with Gasteiger partial charge < -0.3 is 15.0 Å². The summed E-state index contributed by atoms with van der Waals surface area (Å²) in [6.07, 6.45) is 0. The molecule has 0 spiro atoms. The molecule has 146 valence electrons. The van der Waals surface area contributed by atoms with Gasteiger partial charge in [-0.25, -0.2) is 0 Å². The first-order valence-electron chi connectivity index (χ1n) is 8.48. The summed E-state index contributed by atoms with van der Waals surface area (Å²) < 4.78 is 5.27. The molecular formula is C19H17Cl2N3O3S. The summed E-state index contributed by atoms with van der Waals surface area (Å²) in [7, 11) is 0. The second-order valence-electron chi connectivity index (χ2n) is 6.02. The standard InChI is InChI=1S/C19H17Cl2N3O3S/c20-13-4-5-15(16(21)11-13)17(25)23-19(28)22-14-3-1-2-12(10-14)18(26)24-6-8-27-9-7-24/h1-5,10-11H,6-9H2,(H2,22,23,25,28). The Hall–Kier alpha value is -2.19. The molecule has 2 aromatic carbocycles. The number of carbonyl (C=O) groups excluding carboxylic acids is 2. The van der Waals surface area contributed by atoms with Crippen LogP contribution in [0.15, 0.2) is 42.5 Å². The van der Waals surface area contributed by atoms with Crippen LogP contribution in [0.3, 0.4) is 0 Å². The number of morpholine rings is 1. The molecule has 2 aromatic rings. The minimum absolute atomic E-state index is 0.0742. The fourth-order valence-corrected chi connectivity index (χ4v) is 3.39. The Balaban J connectivity index is 1.64. The molecule has 0 saturated carbocycles. The molecule has 3 rings (SSSR count). The van der Waals surface area contributed by atoms with Gasteiger partial charge in [-0.15, -0.1) is 0 Å². The van der Waals surface area contributed by atoms with Crippen molar-refractivity contribution in [2.75, 3.05) is 31.6 Å². The molecule has 0 atom stereocenters. The number of ether oxygens (including phenoxy) is 1. The second-order valence-corrected chi connectivity index (χ2v) is 7.27. The monoisotopic (exact) mass is 437 g/mol. The van der Waals surface area contributed by atoms with E-state index < -0.39 is 5.91 Å². The Kier molecular flexibility index (Phi) is 6.85. The van der Waals surface area contributed by atoms with Crippen molar-refractivity contribution >= 4 is 58.0 Å². The molecule has 0 radical (unpaired) electrons. The number of benzene rings is 2. The van der Waals surface area contributed by atoms with E-state index in [0.29, 0.717) is 42.6 Å². The van der Waals surface area contributed by atoms with Gasteiger partial charge >= 0.3 is 0 Å². The number of carbonyl (C=O) groups is 2. The van der Waals surface area contributed by atoms with Gasteiger partial charge in [0.1, 0.15) is 0 Å². The van der Waals surface area contributed by atoms with Crippen LogP contribution in [-0.4, -0.2) is 48.1 Å². The highest BCUT2D eigenvalue weighted by atomic mass is 35.5. The third-order valence-electron chi connectivity index (χ3n) is 4.07. The summed E-state index contributed by atoms with van der Waals surface area (Å²) >= 11 is 17.1. The van der Waals surface area contributed by atoms with Crippen molar-refractivity contribution < 1.29 is 14.3 Å². The molecule has 0 unspecified atom stereocenters. The normalized spacial score (nSPS) is 13.7. The predicted molar refractivity (Wildman–Crippen MR) is 113 cm³/mol. The molecule has 1 heterocycles. The summed E-state index contributed by atoms with van der Waals surface area (Å²) in [5.74, 6) is -0.533. The van der Waals surface area contributed by atoms with Crippen molar-refractivity contribution in [1.29, 1.82) is 0 Å². The fraction of sp³-hybridized carbons (Fsp3) is 0.211. The van der Waals surface area contributed by atoms with E-state index in [9.17, 15) is 9.59 Å². The third kappa shape index (κ3) is 5.20. The van der Waals surface area contributed by atoms with Gasteiger partial charge in [0.2, 0.25) is 0 Å². The number of hydrogen-bond donors (Lipinski definition) is 2. The first-order valence-corrected chi connectivity index (χ1v) is 9.65. The lowest BCUT2D eigenvalue weighted by atomic mass is 10.1. The van der Waals surface area contributed by atoms with Crippen molar-refractivity contribution in [2.24, 2.45) is 0 Å². The van der Waals surface area contributed by atoms with Crippen LogP contribution in [0.5, 0.6) is 0 Å². The van der Waals surface area contributed by atoms with E-state index in [2.05, 4.69) is 10.6 Å². The van der Waals surface area contributed by atoms with E-state index in [1.54, 1.807) is 35.2 Å². The Morgan fingerprint density at radius 3 is 2.54 bits per heavy atom. The summed E-state index contributed by atoms with van der Waals surface area (Å²) in [6, 6.07) is 11.5. The van der Waals surface area contributed by atoms with Crippen molar-refractivity contribution in [3.63, 3.8) is 0 Å². The lowest BCUT2D eigenvalue weighted by molar-refractivity contribution is 0.0303. The van der Waals surface area contributed by atoms with Gasteiger partial charge in [-0.3, -0.25) is 14.9 Å². The Morgan fingerprint density at radius 2 is 1.82 bits per heavy atom. The molecule has 9 heteroatoms. The average molecular weight is 438 g/mol. The van der Waals surface area contributed by atoms with Crippen molar-refractivity contribution in [2.45, 2.75) is 0 Å². The molecule has 1 aliphatic rings. The highest BCUT2D eigenvalue weighted by Crippen LogP contribution is 2.21. The maximum atomic E-state index is 12.6. The molecule has 1 saturated heterocycles.